The average molecular weight is 207 g/mol. The molecule has 15 heavy (non-hydrogen) atoms. The molecular formula is C11H13NO3. The van der Waals surface area contributed by atoms with Crippen LogP contribution in [0.2, 0.25) is 0 Å². The van der Waals surface area contributed by atoms with Crippen LogP contribution in [0.5, 0.6) is 11.5 Å². The molecule has 1 aliphatic heterocycles. The van der Waals surface area contributed by atoms with Crippen LogP contribution >= 0.6 is 0 Å². The lowest BCUT2D eigenvalue weighted by Crippen LogP contribution is -2.13. The van der Waals surface area contributed by atoms with Crippen molar-refractivity contribution in [1.29, 1.82) is 0 Å². The maximum atomic E-state index is 11.1. The maximum Gasteiger partial charge on any atom is 0.249 e. The minimum absolute atomic E-state index is 0.442. The predicted molar refractivity (Wildman–Crippen MR) is 55.3 cm³/mol. The summed E-state index contributed by atoms with van der Waals surface area (Å²) >= 11 is 0. The first-order chi connectivity index (χ1) is 7.18. The van der Waals surface area contributed by atoms with Gasteiger partial charge in [0.05, 0.1) is 13.2 Å². The van der Waals surface area contributed by atoms with Gasteiger partial charge in [-0.3, -0.25) is 4.79 Å². The zero-order chi connectivity index (χ0) is 10.8. The molecule has 1 aromatic carbocycles. The molecule has 0 radical (unpaired) electrons. The van der Waals surface area contributed by atoms with Gasteiger partial charge < -0.3 is 15.2 Å². The molecule has 0 atom stereocenters. The summed E-state index contributed by atoms with van der Waals surface area (Å²) in [4.78, 5) is 11.1. The third-order valence-electron chi connectivity index (χ3n) is 2.36. The van der Waals surface area contributed by atoms with Crippen LogP contribution in [0.1, 0.15) is 22.3 Å². The number of amides is 1. The monoisotopic (exact) mass is 207 g/mol. The Hall–Kier alpha value is -1.71. The van der Waals surface area contributed by atoms with E-state index in [9.17, 15) is 4.79 Å². The third-order valence-corrected chi connectivity index (χ3v) is 2.36. The second kappa shape index (κ2) is 3.81. The van der Waals surface area contributed by atoms with E-state index in [4.69, 9.17) is 15.2 Å². The zero-order valence-corrected chi connectivity index (χ0v) is 8.58. The molecule has 2 N–H and O–H groups in total. The number of nitrogens with two attached hydrogens (primary N) is 1. The number of aryl methyl sites for hydroxylation is 1. The van der Waals surface area contributed by atoms with Crippen LogP contribution in [0.15, 0.2) is 12.1 Å². The molecule has 1 aliphatic rings. The number of carbonyl (C=O) groups is 1. The minimum atomic E-state index is -0.442. The molecule has 1 aromatic rings. The molecule has 4 heteroatoms. The first-order valence-corrected chi connectivity index (χ1v) is 4.88. The summed E-state index contributed by atoms with van der Waals surface area (Å²) in [7, 11) is 0. The molecule has 0 unspecified atom stereocenters. The Morgan fingerprint density at radius 3 is 2.47 bits per heavy atom. The van der Waals surface area contributed by atoms with Gasteiger partial charge in [-0.25, -0.2) is 0 Å². The van der Waals surface area contributed by atoms with Crippen LogP contribution in [-0.4, -0.2) is 19.1 Å². The van der Waals surface area contributed by atoms with Crippen molar-refractivity contribution in [2.24, 2.45) is 5.73 Å². The number of primary amides is 1. The fraction of sp³-hybridized carbons (Fsp3) is 0.364. The summed E-state index contributed by atoms with van der Waals surface area (Å²) in [5.74, 6) is 0.852. The van der Waals surface area contributed by atoms with E-state index in [1.807, 2.05) is 6.92 Å². The molecule has 0 spiro atoms. The number of ether oxygens (including phenoxy) is 2. The number of benzene rings is 1. The van der Waals surface area contributed by atoms with Crippen LogP contribution in [0.3, 0.4) is 0 Å². The highest BCUT2D eigenvalue weighted by Crippen LogP contribution is 2.32. The van der Waals surface area contributed by atoms with Crippen LogP contribution in [-0.2, 0) is 0 Å². The molecule has 0 aliphatic carbocycles. The van der Waals surface area contributed by atoms with Gasteiger partial charge in [0, 0.05) is 12.0 Å². The van der Waals surface area contributed by atoms with E-state index in [1.54, 1.807) is 12.1 Å². The normalized spacial score (nSPS) is 14.5. The molecule has 1 heterocycles. The largest absolute Gasteiger partial charge is 0.490 e. The van der Waals surface area contributed by atoms with E-state index in [0.29, 0.717) is 30.3 Å². The van der Waals surface area contributed by atoms with Gasteiger partial charge in [-0.1, -0.05) is 0 Å². The topological polar surface area (TPSA) is 61.6 Å². The van der Waals surface area contributed by atoms with E-state index in [-0.39, 0.29) is 0 Å². The Morgan fingerprint density at radius 2 is 1.87 bits per heavy atom. The molecule has 0 fully saturated rings. The lowest BCUT2D eigenvalue weighted by Gasteiger charge is -2.10. The minimum Gasteiger partial charge on any atom is -0.490 e. The number of fused-ring (bicyclic) bond motifs is 1. The highest BCUT2D eigenvalue weighted by atomic mass is 16.5. The van der Waals surface area contributed by atoms with Crippen molar-refractivity contribution in [3.05, 3.63) is 23.3 Å². The zero-order valence-electron chi connectivity index (χ0n) is 8.58. The van der Waals surface area contributed by atoms with Crippen molar-refractivity contribution < 1.29 is 14.3 Å². The van der Waals surface area contributed by atoms with Crippen molar-refractivity contribution in [2.75, 3.05) is 13.2 Å². The highest BCUT2D eigenvalue weighted by Gasteiger charge is 2.15. The summed E-state index contributed by atoms with van der Waals surface area (Å²) < 4.78 is 10.9. The molecule has 0 bridgehead atoms. The van der Waals surface area contributed by atoms with Gasteiger partial charge in [0.1, 0.15) is 0 Å². The number of rotatable bonds is 1. The van der Waals surface area contributed by atoms with Gasteiger partial charge in [0.25, 0.3) is 0 Å². The van der Waals surface area contributed by atoms with E-state index < -0.39 is 5.91 Å². The quantitative estimate of drug-likeness (QED) is 0.754. The fourth-order valence-corrected chi connectivity index (χ4v) is 1.58. The first-order valence-electron chi connectivity index (χ1n) is 4.88. The summed E-state index contributed by atoms with van der Waals surface area (Å²) in [6, 6.07) is 3.44. The maximum absolute atomic E-state index is 11.1. The second-order valence-corrected chi connectivity index (χ2v) is 3.53. The third kappa shape index (κ3) is 1.88. The van der Waals surface area contributed by atoms with E-state index in [1.165, 1.54) is 0 Å². The van der Waals surface area contributed by atoms with E-state index in [2.05, 4.69) is 0 Å². The Bertz CT molecular complexity index is 401. The van der Waals surface area contributed by atoms with E-state index in [0.717, 1.165) is 12.0 Å². The predicted octanol–water partition coefficient (Wildman–Crippen LogP) is 1.26. The molecule has 2 rings (SSSR count). The van der Waals surface area contributed by atoms with Gasteiger partial charge in [-0.2, -0.15) is 0 Å². The molecule has 0 aromatic heterocycles. The van der Waals surface area contributed by atoms with Crippen molar-refractivity contribution in [2.45, 2.75) is 13.3 Å². The molecule has 0 saturated heterocycles. The van der Waals surface area contributed by atoms with Crippen LogP contribution in [0.25, 0.3) is 0 Å². The van der Waals surface area contributed by atoms with Crippen molar-refractivity contribution >= 4 is 5.91 Å². The van der Waals surface area contributed by atoms with E-state index >= 15 is 0 Å². The number of carbonyl (C=O) groups excluding carboxylic acids is 1. The van der Waals surface area contributed by atoms with Crippen LogP contribution < -0.4 is 15.2 Å². The van der Waals surface area contributed by atoms with Gasteiger partial charge in [-0.05, 0) is 24.6 Å². The Kier molecular flexibility index (Phi) is 2.49. The van der Waals surface area contributed by atoms with Gasteiger partial charge >= 0.3 is 0 Å². The highest BCUT2D eigenvalue weighted by molar-refractivity contribution is 5.95. The standard InChI is InChI=1S/C11H13NO3/c1-7-5-9-10(6-8(7)11(12)13)15-4-2-3-14-9/h5-6H,2-4H2,1H3,(H2,12,13). The molecular weight excluding hydrogens is 194 g/mol. The fourth-order valence-electron chi connectivity index (χ4n) is 1.58. The summed E-state index contributed by atoms with van der Waals surface area (Å²) in [6.45, 7) is 3.07. The van der Waals surface area contributed by atoms with Gasteiger partial charge in [0.15, 0.2) is 11.5 Å². The van der Waals surface area contributed by atoms with Crippen molar-refractivity contribution in [1.82, 2.24) is 0 Å². The summed E-state index contributed by atoms with van der Waals surface area (Å²) in [5.41, 5.74) is 6.55. The van der Waals surface area contributed by atoms with Crippen LogP contribution in [0, 0.1) is 6.92 Å². The smallest absolute Gasteiger partial charge is 0.249 e. The Labute approximate surface area is 88.0 Å². The second-order valence-electron chi connectivity index (χ2n) is 3.53. The number of hydrogen-bond acceptors (Lipinski definition) is 3. The SMILES string of the molecule is Cc1cc2c(cc1C(N)=O)OCCCO2. The lowest BCUT2D eigenvalue weighted by atomic mass is 10.1. The van der Waals surface area contributed by atoms with Gasteiger partial charge in [0.2, 0.25) is 5.91 Å². The molecule has 0 saturated carbocycles. The Balaban J connectivity index is 2.47. The average Bonchev–Trinajstić information content (AvgIpc) is 2.40. The van der Waals surface area contributed by atoms with Crippen molar-refractivity contribution in [3.8, 4) is 11.5 Å². The summed E-state index contributed by atoms with van der Waals surface area (Å²) in [5, 5.41) is 0. The van der Waals surface area contributed by atoms with Crippen LogP contribution in [0.4, 0.5) is 0 Å². The number of hydrogen-bond donors (Lipinski definition) is 1. The van der Waals surface area contributed by atoms with Crippen molar-refractivity contribution in [3.63, 3.8) is 0 Å². The van der Waals surface area contributed by atoms with Gasteiger partial charge in [-0.15, -0.1) is 0 Å². The summed E-state index contributed by atoms with van der Waals surface area (Å²) in [6.07, 6.45) is 0.847. The molecule has 1 amide bonds. The lowest BCUT2D eigenvalue weighted by molar-refractivity contribution is 0.0999. The molecule has 80 valence electrons. The molecule has 4 nitrogen and oxygen atoms in total. The Morgan fingerprint density at radius 1 is 1.27 bits per heavy atom. The first kappa shape index (κ1) is 9.83.